The molecule has 24 heavy (non-hydrogen) atoms. The monoisotopic (exact) mass is 330 g/mol. The molecule has 5 heteroatoms. The number of carbonyl (C=O) groups is 2. The van der Waals surface area contributed by atoms with Crippen molar-refractivity contribution in [3.63, 3.8) is 0 Å². The highest BCUT2D eigenvalue weighted by molar-refractivity contribution is 5.89. The van der Waals surface area contributed by atoms with Crippen LogP contribution in [-0.4, -0.2) is 47.4 Å². The first kappa shape index (κ1) is 16.8. The molecule has 1 fully saturated rings. The number of hydrogen-bond donors (Lipinski definition) is 0. The molecular formula is C19H26N2O3. The van der Waals surface area contributed by atoms with Gasteiger partial charge in [-0.2, -0.15) is 0 Å². The van der Waals surface area contributed by atoms with E-state index in [1.165, 1.54) is 11.1 Å². The fraction of sp³-hybridized carbons (Fsp3) is 0.579. The van der Waals surface area contributed by atoms with E-state index < -0.39 is 0 Å². The van der Waals surface area contributed by atoms with Crippen molar-refractivity contribution in [3.8, 4) is 5.75 Å². The van der Waals surface area contributed by atoms with E-state index in [-0.39, 0.29) is 23.3 Å². The predicted octanol–water partition coefficient (Wildman–Crippen LogP) is 2.23. The van der Waals surface area contributed by atoms with Crippen molar-refractivity contribution in [2.75, 3.05) is 20.2 Å². The zero-order valence-corrected chi connectivity index (χ0v) is 15.0. The number of fused-ring (bicyclic) bond motifs is 1. The molecule has 0 N–H and O–H groups in total. The summed E-state index contributed by atoms with van der Waals surface area (Å²) in [6, 6.07) is 6.03. The van der Waals surface area contributed by atoms with E-state index in [1.54, 1.807) is 7.11 Å². The molecule has 2 aliphatic rings. The Morgan fingerprint density at radius 1 is 1.25 bits per heavy atom. The smallest absolute Gasteiger partial charge is 0.228 e. The van der Waals surface area contributed by atoms with Crippen molar-refractivity contribution >= 4 is 11.8 Å². The summed E-state index contributed by atoms with van der Waals surface area (Å²) in [5.74, 6) is 0.840. The van der Waals surface area contributed by atoms with E-state index in [4.69, 9.17) is 4.74 Å². The van der Waals surface area contributed by atoms with Crippen molar-refractivity contribution in [2.24, 2.45) is 5.92 Å². The van der Waals surface area contributed by atoms with Gasteiger partial charge in [-0.1, -0.05) is 6.07 Å². The summed E-state index contributed by atoms with van der Waals surface area (Å²) in [7, 11) is 1.67. The number of rotatable bonds is 2. The van der Waals surface area contributed by atoms with Crippen LogP contribution >= 0.6 is 0 Å². The first-order valence-electron chi connectivity index (χ1n) is 8.54. The molecule has 0 unspecified atom stereocenters. The first-order valence-corrected chi connectivity index (χ1v) is 8.54. The second kappa shape index (κ2) is 6.11. The van der Waals surface area contributed by atoms with Crippen LogP contribution in [0.15, 0.2) is 18.2 Å². The van der Waals surface area contributed by atoms with E-state index in [0.29, 0.717) is 26.1 Å². The molecule has 2 aliphatic heterocycles. The first-order chi connectivity index (χ1) is 11.3. The van der Waals surface area contributed by atoms with Gasteiger partial charge in [-0.15, -0.1) is 0 Å². The molecule has 0 bridgehead atoms. The van der Waals surface area contributed by atoms with Crippen LogP contribution in [0.3, 0.4) is 0 Å². The summed E-state index contributed by atoms with van der Waals surface area (Å²) in [5.41, 5.74) is 2.20. The Kier molecular flexibility index (Phi) is 4.28. The maximum absolute atomic E-state index is 12.9. The fourth-order valence-electron chi connectivity index (χ4n) is 3.62. The Bertz CT molecular complexity index is 663. The maximum atomic E-state index is 12.9. The van der Waals surface area contributed by atoms with E-state index in [9.17, 15) is 9.59 Å². The van der Waals surface area contributed by atoms with Gasteiger partial charge in [-0.25, -0.2) is 0 Å². The molecule has 0 spiro atoms. The minimum Gasteiger partial charge on any atom is -0.497 e. The van der Waals surface area contributed by atoms with E-state index in [0.717, 1.165) is 12.2 Å². The number of methoxy groups -OCH3 is 1. The molecule has 130 valence electrons. The van der Waals surface area contributed by atoms with Crippen molar-refractivity contribution in [2.45, 2.75) is 45.7 Å². The Morgan fingerprint density at radius 3 is 2.62 bits per heavy atom. The molecule has 1 aromatic rings. The third-order valence-electron chi connectivity index (χ3n) is 5.02. The highest BCUT2D eigenvalue weighted by Gasteiger charge is 2.41. The highest BCUT2D eigenvalue weighted by Crippen LogP contribution is 2.29. The number of hydrogen-bond acceptors (Lipinski definition) is 3. The molecule has 1 atom stereocenters. The summed E-state index contributed by atoms with van der Waals surface area (Å²) in [6.45, 7) is 7.91. The lowest BCUT2D eigenvalue weighted by molar-refractivity contribution is -0.136. The molecule has 0 aromatic heterocycles. The second-order valence-electron chi connectivity index (χ2n) is 7.72. The third-order valence-corrected chi connectivity index (χ3v) is 5.02. The molecule has 0 aliphatic carbocycles. The van der Waals surface area contributed by atoms with Crippen molar-refractivity contribution in [3.05, 3.63) is 29.3 Å². The van der Waals surface area contributed by atoms with Gasteiger partial charge in [0.05, 0.1) is 13.0 Å². The van der Waals surface area contributed by atoms with Crippen LogP contribution in [0.5, 0.6) is 5.75 Å². The molecule has 5 nitrogen and oxygen atoms in total. The molecule has 1 saturated heterocycles. The average molecular weight is 330 g/mol. The standard InChI is InChI=1S/C19H26N2O3/c1-19(2,3)21-12-15(10-17(21)22)18(23)20-8-7-13-9-16(24-4)6-5-14(13)11-20/h5-6,9,15H,7-8,10-12H2,1-4H3/t15-/m1/s1. The van der Waals surface area contributed by atoms with E-state index >= 15 is 0 Å². The van der Waals surface area contributed by atoms with E-state index in [2.05, 4.69) is 6.07 Å². The summed E-state index contributed by atoms with van der Waals surface area (Å²) in [4.78, 5) is 28.8. The average Bonchev–Trinajstić information content (AvgIpc) is 2.95. The van der Waals surface area contributed by atoms with Gasteiger partial charge in [-0.3, -0.25) is 9.59 Å². The lowest BCUT2D eigenvalue weighted by Gasteiger charge is -2.33. The van der Waals surface area contributed by atoms with Gasteiger partial charge in [0, 0.05) is 31.6 Å². The highest BCUT2D eigenvalue weighted by atomic mass is 16.5. The number of ether oxygens (including phenoxy) is 1. The maximum Gasteiger partial charge on any atom is 0.228 e. The predicted molar refractivity (Wildman–Crippen MR) is 91.7 cm³/mol. The quantitative estimate of drug-likeness (QED) is 0.835. The minimum atomic E-state index is -0.225. The number of amides is 2. The topological polar surface area (TPSA) is 49.9 Å². The normalized spacial score (nSPS) is 21.0. The number of nitrogens with zero attached hydrogens (tertiary/aromatic N) is 2. The Balaban J connectivity index is 1.70. The summed E-state index contributed by atoms with van der Waals surface area (Å²) in [6.07, 6.45) is 1.17. The number of likely N-dealkylation sites (tertiary alicyclic amines) is 1. The Labute approximate surface area is 143 Å². The van der Waals surface area contributed by atoms with Crippen LogP contribution in [0.1, 0.15) is 38.3 Å². The van der Waals surface area contributed by atoms with Crippen LogP contribution in [0, 0.1) is 5.92 Å². The van der Waals surface area contributed by atoms with Gasteiger partial charge in [0.1, 0.15) is 5.75 Å². The van der Waals surface area contributed by atoms with Gasteiger partial charge in [-0.05, 0) is 50.5 Å². The van der Waals surface area contributed by atoms with Gasteiger partial charge < -0.3 is 14.5 Å². The zero-order valence-electron chi connectivity index (χ0n) is 15.0. The number of carbonyl (C=O) groups excluding carboxylic acids is 2. The van der Waals surface area contributed by atoms with Crippen molar-refractivity contribution in [1.29, 1.82) is 0 Å². The lowest BCUT2D eigenvalue weighted by atomic mass is 9.97. The number of benzene rings is 1. The van der Waals surface area contributed by atoms with E-state index in [1.807, 2.05) is 42.7 Å². The van der Waals surface area contributed by atoms with Crippen molar-refractivity contribution in [1.82, 2.24) is 9.80 Å². The fourth-order valence-corrected chi connectivity index (χ4v) is 3.62. The van der Waals surface area contributed by atoms with Crippen LogP contribution in [0.25, 0.3) is 0 Å². The van der Waals surface area contributed by atoms with Crippen LogP contribution in [0.4, 0.5) is 0 Å². The van der Waals surface area contributed by atoms with Gasteiger partial charge >= 0.3 is 0 Å². The summed E-state index contributed by atoms with van der Waals surface area (Å²) in [5, 5.41) is 0. The largest absolute Gasteiger partial charge is 0.497 e. The second-order valence-corrected chi connectivity index (χ2v) is 7.72. The molecule has 1 aromatic carbocycles. The van der Waals surface area contributed by atoms with Crippen LogP contribution < -0.4 is 4.74 Å². The summed E-state index contributed by atoms with van der Waals surface area (Å²) < 4.78 is 5.27. The Morgan fingerprint density at radius 2 is 2.00 bits per heavy atom. The molecular weight excluding hydrogens is 304 g/mol. The van der Waals surface area contributed by atoms with Gasteiger partial charge in [0.25, 0.3) is 0 Å². The molecule has 2 amide bonds. The Hall–Kier alpha value is -2.04. The van der Waals surface area contributed by atoms with Crippen LogP contribution in [0.2, 0.25) is 0 Å². The molecule has 0 radical (unpaired) electrons. The molecule has 0 saturated carbocycles. The van der Waals surface area contributed by atoms with Gasteiger partial charge in [0.15, 0.2) is 0 Å². The summed E-state index contributed by atoms with van der Waals surface area (Å²) >= 11 is 0. The van der Waals surface area contributed by atoms with Gasteiger partial charge in [0.2, 0.25) is 11.8 Å². The lowest BCUT2D eigenvalue weighted by Crippen LogP contribution is -2.44. The minimum absolute atomic E-state index is 0.0861. The zero-order chi connectivity index (χ0) is 17.5. The third kappa shape index (κ3) is 3.12. The van der Waals surface area contributed by atoms with Crippen LogP contribution in [-0.2, 0) is 22.6 Å². The van der Waals surface area contributed by atoms with Crippen molar-refractivity contribution < 1.29 is 14.3 Å². The SMILES string of the molecule is COc1ccc2c(c1)CCN(C(=O)[C@@H]1CC(=O)N(C(C)(C)C)C1)C2. The molecule has 2 heterocycles. The molecule has 3 rings (SSSR count).